The molecule has 0 heteroatoms. The van der Waals surface area contributed by atoms with Crippen LogP contribution in [0, 0.1) is 0 Å². The van der Waals surface area contributed by atoms with E-state index in [1.54, 1.807) is 11.1 Å². The normalized spacial score (nSPS) is 14.9. The summed E-state index contributed by atoms with van der Waals surface area (Å²) in [7, 11) is 0. The Bertz CT molecular complexity index is 149. The van der Waals surface area contributed by atoms with Gasteiger partial charge in [-0.3, -0.25) is 0 Å². The topological polar surface area (TPSA) is 0 Å². The van der Waals surface area contributed by atoms with Crippen molar-refractivity contribution in [2.24, 2.45) is 0 Å². The molecule has 0 fully saturated rings. The fraction of sp³-hybridized carbons (Fsp3) is 0.692. The number of hydrogen-bond acceptors (Lipinski definition) is 0. The summed E-state index contributed by atoms with van der Waals surface area (Å²) in [4.78, 5) is 0. The van der Waals surface area contributed by atoms with E-state index in [9.17, 15) is 0 Å². The zero-order valence-corrected chi connectivity index (χ0v) is 10.3. The van der Waals surface area contributed by atoms with Gasteiger partial charge in [-0.05, 0) is 38.7 Å². The van der Waals surface area contributed by atoms with Crippen LogP contribution in [0.15, 0.2) is 23.3 Å². The minimum atomic E-state index is 1.30. The molecule has 0 atom stereocenters. The van der Waals surface area contributed by atoms with Crippen LogP contribution in [0.3, 0.4) is 0 Å². The first kappa shape index (κ1) is 15.0. The average molecular weight is 182 g/mol. The third-order valence-electron chi connectivity index (χ3n) is 1.91. The third kappa shape index (κ3) is 6.62. The number of rotatable bonds is 1. The highest BCUT2D eigenvalue weighted by Crippen LogP contribution is 2.25. The molecule has 0 spiro atoms. The standard InChI is InChI=1S/C9H14.2C2H6/c1-3-5-9-7-4-6-8(9)2;2*1-2/h3,5H,4,6-7H2,1-2H3;2*1-2H3/b5-3-;;. The van der Waals surface area contributed by atoms with Crippen molar-refractivity contribution in [3.8, 4) is 0 Å². The second kappa shape index (κ2) is 11.5. The lowest BCUT2D eigenvalue weighted by atomic mass is 10.2. The Balaban J connectivity index is 0. The molecule has 0 aliphatic heterocycles. The van der Waals surface area contributed by atoms with Crippen molar-refractivity contribution in [2.75, 3.05) is 0 Å². The minimum absolute atomic E-state index is 1.30. The Labute approximate surface area is 84.7 Å². The highest BCUT2D eigenvalue weighted by Gasteiger charge is 2.06. The van der Waals surface area contributed by atoms with Crippen LogP contribution in [0.1, 0.15) is 60.8 Å². The number of allylic oxidation sites excluding steroid dienone is 4. The van der Waals surface area contributed by atoms with Gasteiger partial charge in [-0.2, -0.15) is 0 Å². The predicted octanol–water partition coefficient (Wildman–Crippen LogP) is 5.12. The van der Waals surface area contributed by atoms with E-state index in [0.29, 0.717) is 0 Å². The van der Waals surface area contributed by atoms with Crippen molar-refractivity contribution in [3.63, 3.8) is 0 Å². The molecule has 1 rings (SSSR count). The maximum absolute atomic E-state index is 2.24. The van der Waals surface area contributed by atoms with Crippen molar-refractivity contribution in [3.05, 3.63) is 23.3 Å². The maximum Gasteiger partial charge on any atom is -0.0276 e. The monoisotopic (exact) mass is 182 g/mol. The van der Waals surface area contributed by atoms with Gasteiger partial charge in [0.2, 0.25) is 0 Å². The Kier molecular flexibility index (Phi) is 13.2. The lowest BCUT2D eigenvalue weighted by molar-refractivity contribution is 0.899. The molecule has 0 bridgehead atoms. The fourth-order valence-corrected chi connectivity index (χ4v) is 1.34. The van der Waals surface area contributed by atoms with E-state index in [1.807, 2.05) is 27.7 Å². The first-order valence-electron chi connectivity index (χ1n) is 5.66. The summed E-state index contributed by atoms with van der Waals surface area (Å²) < 4.78 is 0. The van der Waals surface area contributed by atoms with E-state index in [1.165, 1.54) is 19.3 Å². The molecule has 0 heterocycles. The van der Waals surface area contributed by atoms with Gasteiger partial charge < -0.3 is 0 Å². The molecular weight excluding hydrogens is 156 g/mol. The van der Waals surface area contributed by atoms with E-state index in [2.05, 4.69) is 26.0 Å². The summed E-state index contributed by atoms with van der Waals surface area (Å²) in [6.45, 7) is 12.3. The lowest BCUT2D eigenvalue weighted by Crippen LogP contribution is -1.71. The van der Waals surface area contributed by atoms with Gasteiger partial charge in [0.15, 0.2) is 0 Å². The molecule has 1 aliphatic rings. The molecule has 0 radical (unpaired) electrons. The van der Waals surface area contributed by atoms with Gasteiger partial charge in [-0.25, -0.2) is 0 Å². The molecule has 1 aliphatic carbocycles. The molecule has 0 saturated heterocycles. The summed E-state index contributed by atoms with van der Waals surface area (Å²) in [5.74, 6) is 0. The highest BCUT2D eigenvalue weighted by atomic mass is 14.1. The van der Waals surface area contributed by atoms with Crippen molar-refractivity contribution in [1.82, 2.24) is 0 Å². The van der Waals surface area contributed by atoms with Gasteiger partial charge in [-0.15, -0.1) is 0 Å². The maximum atomic E-state index is 2.24. The van der Waals surface area contributed by atoms with Crippen molar-refractivity contribution in [2.45, 2.75) is 60.8 Å². The van der Waals surface area contributed by atoms with Gasteiger partial charge in [0.1, 0.15) is 0 Å². The van der Waals surface area contributed by atoms with Crippen molar-refractivity contribution < 1.29 is 0 Å². The minimum Gasteiger partial charge on any atom is -0.0874 e. The van der Waals surface area contributed by atoms with Gasteiger partial charge in [0, 0.05) is 0 Å². The first-order valence-corrected chi connectivity index (χ1v) is 5.66. The van der Waals surface area contributed by atoms with Crippen LogP contribution in [0.25, 0.3) is 0 Å². The smallest absolute Gasteiger partial charge is 0.0276 e. The largest absolute Gasteiger partial charge is 0.0874 e. The summed E-state index contributed by atoms with van der Waals surface area (Å²) in [5.41, 5.74) is 3.16. The Morgan fingerprint density at radius 2 is 1.54 bits per heavy atom. The van der Waals surface area contributed by atoms with Crippen LogP contribution in [0.4, 0.5) is 0 Å². The second-order valence-corrected chi connectivity index (χ2v) is 2.66. The molecule has 78 valence electrons. The van der Waals surface area contributed by atoms with Crippen molar-refractivity contribution >= 4 is 0 Å². The van der Waals surface area contributed by atoms with Crippen molar-refractivity contribution in [1.29, 1.82) is 0 Å². The van der Waals surface area contributed by atoms with Gasteiger partial charge in [0.25, 0.3) is 0 Å². The van der Waals surface area contributed by atoms with Gasteiger partial charge in [-0.1, -0.05) is 45.4 Å². The molecule has 0 unspecified atom stereocenters. The first-order chi connectivity index (χ1) is 6.34. The Morgan fingerprint density at radius 3 is 1.85 bits per heavy atom. The molecule has 0 nitrogen and oxygen atoms in total. The van der Waals surface area contributed by atoms with Gasteiger partial charge >= 0.3 is 0 Å². The van der Waals surface area contributed by atoms with Crippen LogP contribution < -0.4 is 0 Å². The summed E-state index contributed by atoms with van der Waals surface area (Å²) in [5, 5.41) is 0. The van der Waals surface area contributed by atoms with Crippen LogP contribution in [0.5, 0.6) is 0 Å². The summed E-state index contributed by atoms with van der Waals surface area (Å²) in [6, 6.07) is 0. The zero-order chi connectivity index (χ0) is 10.7. The zero-order valence-electron chi connectivity index (χ0n) is 10.3. The van der Waals surface area contributed by atoms with Crippen LogP contribution >= 0.6 is 0 Å². The molecule has 0 N–H and O–H groups in total. The second-order valence-electron chi connectivity index (χ2n) is 2.66. The van der Waals surface area contributed by atoms with E-state index in [4.69, 9.17) is 0 Å². The van der Waals surface area contributed by atoms with Gasteiger partial charge in [0.05, 0.1) is 0 Å². The molecule has 13 heavy (non-hydrogen) atoms. The van der Waals surface area contributed by atoms with E-state index in [0.717, 1.165) is 0 Å². The Morgan fingerprint density at radius 1 is 1.00 bits per heavy atom. The lowest BCUT2D eigenvalue weighted by Gasteiger charge is -1.91. The Hall–Kier alpha value is -0.520. The molecule has 0 amide bonds. The van der Waals surface area contributed by atoms with E-state index >= 15 is 0 Å². The summed E-state index contributed by atoms with van der Waals surface area (Å²) >= 11 is 0. The van der Waals surface area contributed by atoms with Crippen LogP contribution in [0.2, 0.25) is 0 Å². The van der Waals surface area contributed by atoms with Crippen LogP contribution in [-0.4, -0.2) is 0 Å². The van der Waals surface area contributed by atoms with Crippen LogP contribution in [-0.2, 0) is 0 Å². The highest BCUT2D eigenvalue weighted by molar-refractivity contribution is 5.27. The summed E-state index contributed by atoms with van der Waals surface area (Å²) in [6.07, 6.45) is 8.36. The molecule has 0 aromatic rings. The van der Waals surface area contributed by atoms with E-state index < -0.39 is 0 Å². The average Bonchev–Trinajstić information content (AvgIpc) is 2.60. The molecule has 0 aromatic heterocycles. The van der Waals surface area contributed by atoms with E-state index in [-0.39, 0.29) is 0 Å². The predicted molar refractivity (Wildman–Crippen MR) is 64.1 cm³/mol. The third-order valence-corrected chi connectivity index (χ3v) is 1.91. The molecule has 0 aromatic carbocycles. The quantitative estimate of drug-likeness (QED) is 0.528. The molecule has 0 saturated carbocycles. The number of hydrogen-bond donors (Lipinski definition) is 0. The fourth-order valence-electron chi connectivity index (χ4n) is 1.34. The molecular formula is C13H26. The SMILES string of the molecule is C/C=C\C1=C(C)CCC1.CC.CC.